The van der Waals surface area contributed by atoms with Gasteiger partial charge in [-0.15, -0.1) is 0 Å². The zero-order chi connectivity index (χ0) is 13.1. The molecule has 0 amide bonds. The van der Waals surface area contributed by atoms with Crippen LogP contribution in [0.4, 0.5) is 0 Å². The molecule has 0 heterocycles. The number of hydrogen-bond acceptors (Lipinski definition) is 2. The molecule has 0 aromatic heterocycles. The van der Waals surface area contributed by atoms with Gasteiger partial charge in [-0.1, -0.05) is 25.0 Å². The average Bonchev–Trinajstić information content (AvgIpc) is 2.86. The molecule has 0 N–H and O–H groups in total. The van der Waals surface area contributed by atoms with Crippen molar-refractivity contribution in [3.8, 4) is 0 Å². The van der Waals surface area contributed by atoms with Crippen LogP contribution in [0.2, 0.25) is 0 Å². The third-order valence-corrected chi connectivity index (χ3v) is 4.17. The van der Waals surface area contributed by atoms with Crippen molar-refractivity contribution < 1.29 is 4.79 Å². The van der Waals surface area contributed by atoms with Crippen LogP contribution in [0.3, 0.4) is 0 Å². The molecule has 0 aliphatic heterocycles. The predicted molar refractivity (Wildman–Crippen MR) is 75.1 cm³/mol. The zero-order valence-corrected chi connectivity index (χ0v) is 11.7. The van der Waals surface area contributed by atoms with Gasteiger partial charge in [-0.25, -0.2) is 0 Å². The Balaban J connectivity index is 2.00. The molecule has 98 valence electrons. The van der Waals surface area contributed by atoms with Gasteiger partial charge in [-0.2, -0.15) is 0 Å². The summed E-state index contributed by atoms with van der Waals surface area (Å²) in [7, 11) is 2.08. The maximum Gasteiger partial charge on any atom is 0.176 e. The Morgan fingerprint density at radius 2 is 1.89 bits per heavy atom. The first-order chi connectivity index (χ1) is 8.58. The zero-order valence-electron chi connectivity index (χ0n) is 11.7. The van der Waals surface area contributed by atoms with Crippen LogP contribution in [0.25, 0.3) is 0 Å². The van der Waals surface area contributed by atoms with Gasteiger partial charge in [-0.05, 0) is 50.9 Å². The van der Waals surface area contributed by atoms with E-state index in [0.29, 0.717) is 12.6 Å². The second kappa shape index (κ2) is 5.66. The van der Waals surface area contributed by atoms with Crippen molar-refractivity contribution in [3.63, 3.8) is 0 Å². The van der Waals surface area contributed by atoms with E-state index in [9.17, 15) is 4.79 Å². The molecule has 0 saturated heterocycles. The van der Waals surface area contributed by atoms with E-state index in [1.165, 1.54) is 36.8 Å². The van der Waals surface area contributed by atoms with Crippen LogP contribution in [-0.2, 0) is 0 Å². The molecule has 1 aliphatic carbocycles. The molecule has 2 nitrogen and oxygen atoms in total. The van der Waals surface area contributed by atoms with E-state index in [1.807, 2.05) is 18.2 Å². The van der Waals surface area contributed by atoms with Crippen molar-refractivity contribution in [3.05, 3.63) is 34.9 Å². The van der Waals surface area contributed by atoms with Gasteiger partial charge < -0.3 is 0 Å². The van der Waals surface area contributed by atoms with E-state index in [-0.39, 0.29) is 5.78 Å². The van der Waals surface area contributed by atoms with Crippen LogP contribution in [0.1, 0.15) is 47.2 Å². The quantitative estimate of drug-likeness (QED) is 0.758. The molecule has 0 bridgehead atoms. The second-order valence-electron chi connectivity index (χ2n) is 5.58. The molecule has 2 heteroatoms. The van der Waals surface area contributed by atoms with Crippen LogP contribution in [0.5, 0.6) is 0 Å². The Labute approximate surface area is 110 Å². The van der Waals surface area contributed by atoms with E-state index in [4.69, 9.17) is 0 Å². The van der Waals surface area contributed by atoms with Gasteiger partial charge in [-0.3, -0.25) is 9.69 Å². The number of hydrogen-bond donors (Lipinski definition) is 0. The standard InChI is InChI=1S/C16H23NO/c1-12-8-9-14(10-13(12)2)16(18)11-17(3)15-6-4-5-7-15/h8-10,15H,4-7,11H2,1-3H3. The number of carbonyl (C=O) groups excluding carboxylic acids is 1. The molecular weight excluding hydrogens is 222 g/mol. The lowest BCUT2D eigenvalue weighted by atomic mass is 10.0. The number of benzene rings is 1. The third kappa shape index (κ3) is 2.99. The minimum atomic E-state index is 0.243. The lowest BCUT2D eigenvalue weighted by Crippen LogP contribution is -2.34. The number of carbonyl (C=O) groups is 1. The Bertz CT molecular complexity index is 433. The molecule has 1 aromatic rings. The summed E-state index contributed by atoms with van der Waals surface area (Å²) >= 11 is 0. The summed E-state index contributed by atoms with van der Waals surface area (Å²) < 4.78 is 0. The highest BCUT2D eigenvalue weighted by molar-refractivity contribution is 5.97. The summed E-state index contributed by atoms with van der Waals surface area (Å²) in [6.07, 6.45) is 5.12. The Morgan fingerprint density at radius 1 is 1.22 bits per heavy atom. The monoisotopic (exact) mass is 245 g/mol. The maximum absolute atomic E-state index is 12.2. The molecule has 18 heavy (non-hydrogen) atoms. The minimum Gasteiger partial charge on any atom is -0.296 e. The van der Waals surface area contributed by atoms with Gasteiger partial charge >= 0.3 is 0 Å². The van der Waals surface area contributed by atoms with E-state index in [0.717, 1.165) is 5.56 Å². The first-order valence-corrected chi connectivity index (χ1v) is 6.88. The van der Waals surface area contributed by atoms with Crippen molar-refractivity contribution in [2.24, 2.45) is 0 Å². The third-order valence-electron chi connectivity index (χ3n) is 4.17. The van der Waals surface area contributed by atoms with Gasteiger partial charge in [0.1, 0.15) is 0 Å². The van der Waals surface area contributed by atoms with E-state index in [2.05, 4.69) is 25.8 Å². The van der Waals surface area contributed by atoms with E-state index < -0.39 is 0 Å². The van der Waals surface area contributed by atoms with E-state index >= 15 is 0 Å². The topological polar surface area (TPSA) is 20.3 Å². The maximum atomic E-state index is 12.2. The van der Waals surface area contributed by atoms with Crippen LogP contribution < -0.4 is 0 Å². The summed E-state index contributed by atoms with van der Waals surface area (Å²) in [5, 5.41) is 0. The van der Waals surface area contributed by atoms with Gasteiger partial charge in [0, 0.05) is 11.6 Å². The summed E-state index contributed by atoms with van der Waals surface area (Å²) in [5.41, 5.74) is 3.29. The van der Waals surface area contributed by atoms with Crippen molar-refractivity contribution in [1.82, 2.24) is 4.90 Å². The summed E-state index contributed by atoms with van der Waals surface area (Å²) in [6.45, 7) is 4.69. The number of ketones is 1. The summed E-state index contributed by atoms with van der Waals surface area (Å²) in [5.74, 6) is 0.243. The fraction of sp³-hybridized carbons (Fsp3) is 0.562. The number of likely N-dealkylation sites (N-methyl/N-ethyl adjacent to an activating group) is 1. The normalized spacial score (nSPS) is 16.4. The van der Waals surface area contributed by atoms with Gasteiger partial charge in [0.2, 0.25) is 0 Å². The molecule has 0 atom stereocenters. The van der Waals surface area contributed by atoms with Gasteiger partial charge in [0.25, 0.3) is 0 Å². The molecular formula is C16H23NO. The number of aryl methyl sites for hydroxylation is 2. The highest BCUT2D eigenvalue weighted by Crippen LogP contribution is 2.22. The second-order valence-corrected chi connectivity index (χ2v) is 5.58. The summed E-state index contributed by atoms with van der Waals surface area (Å²) in [6, 6.07) is 6.62. The SMILES string of the molecule is Cc1ccc(C(=O)CN(C)C2CCCC2)cc1C. The highest BCUT2D eigenvalue weighted by Gasteiger charge is 2.21. The largest absolute Gasteiger partial charge is 0.296 e. The molecule has 0 radical (unpaired) electrons. The van der Waals surface area contributed by atoms with Crippen LogP contribution in [0.15, 0.2) is 18.2 Å². The first kappa shape index (κ1) is 13.3. The Morgan fingerprint density at radius 3 is 2.50 bits per heavy atom. The fourth-order valence-electron chi connectivity index (χ4n) is 2.71. The average molecular weight is 245 g/mol. The molecule has 1 saturated carbocycles. The molecule has 2 rings (SSSR count). The lowest BCUT2D eigenvalue weighted by molar-refractivity contribution is 0.0921. The van der Waals surface area contributed by atoms with Crippen molar-refractivity contribution >= 4 is 5.78 Å². The molecule has 0 unspecified atom stereocenters. The summed E-state index contributed by atoms with van der Waals surface area (Å²) in [4.78, 5) is 14.5. The van der Waals surface area contributed by atoms with Crippen molar-refractivity contribution in [1.29, 1.82) is 0 Å². The lowest BCUT2D eigenvalue weighted by Gasteiger charge is -2.23. The van der Waals surface area contributed by atoms with Crippen molar-refractivity contribution in [2.75, 3.05) is 13.6 Å². The number of nitrogens with zero attached hydrogens (tertiary/aromatic N) is 1. The van der Waals surface area contributed by atoms with Gasteiger partial charge in [0.05, 0.1) is 6.54 Å². The Hall–Kier alpha value is -1.15. The molecule has 1 aromatic carbocycles. The van der Waals surface area contributed by atoms with Crippen LogP contribution >= 0.6 is 0 Å². The minimum absolute atomic E-state index is 0.243. The fourth-order valence-corrected chi connectivity index (χ4v) is 2.71. The van der Waals surface area contributed by atoms with Crippen molar-refractivity contribution in [2.45, 2.75) is 45.6 Å². The Kier molecular flexibility index (Phi) is 4.18. The van der Waals surface area contributed by atoms with Gasteiger partial charge in [0.15, 0.2) is 5.78 Å². The number of rotatable bonds is 4. The smallest absolute Gasteiger partial charge is 0.176 e. The molecule has 1 aliphatic rings. The number of Topliss-reactive ketones (excluding diaryl/α,β-unsaturated/α-hetero) is 1. The molecule has 1 fully saturated rings. The molecule has 0 spiro atoms. The predicted octanol–water partition coefficient (Wildman–Crippen LogP) is 3.36. The van der Waals surface area contributed by atoms with Crippen LogP contribution in [0, 0.1) is 13.8 Å². The van der Waals surface area contributed by atoms with E-state index in [1.54, 1.807) is 0 Å². The highest BCUT2D eigenvalue weighted by atomic mass is 16.1. The van der Waals surface area contributed by atoms with Crippen LogP contribution in [-0.4, -0.2) is 30.3 Å². The first-order valence-electron chi connectivity index (χ1n) is 6.88.